The fourth-order valence-corrected chi connectivity index (χ4v) is 3.33. The van der Waals surface area contributed by atoms with Crippen LogP contribution in [0.1, 0.15) is 38.2 Å². The fraction of sp³-hybridized carbons (Fsp3) is 0.625. The summed E-state index contributed by atoms with van der Waals surface area (Å²) in [5, 5.41) is 11.1. The molecule has 0 aromatic heterocycles. The maximum Gasteiger partial charge on any atom is 0.122 e. The van der Waals surface area contributed by atoms with E-state index < -0.39 is 0 Å². The number of ether oxygens (including phenoxy) is 1. The predicted octanol–water partition coefficient (Wildman–Crippen LogP) is 4.08. The highest BCUT2D eigenvalue weighted by atomic mass is 35.5. The average Bonchev–Trinajstić information content (AvgIpc) is 2.88. The van der Waals surface area contributed by atoms with Gasteiger partial charge in [-0.3, -0.25) is 0 Å². The normalized spacial score (nSPS) is 24.4. The molecule has 1 aromatic carbocycles. The van der Waals surface area contributed by atoms with E-state index in [1.807, 2.05) is 18.2 Å². The molecule has 3 heteroatoms. The summed E-state index contributed by atoms with van der Waals surface area (Å²) in [6, 6.07) is 5.59. The summed E-state index contributed by atoms with van der Waals surface area (Å²) in [5.74, 6) is 2.03. The Kier molecular flexibility index (Phi) is 5.12. The molecule has 1 aromatic rings. The van der Waals surface area contributed by atoms with Crippen LogP contribution in [-0.4, -0.2) is 18.3 Å². The number of methoxy groups -OCH3 is 1. The topological polar surface area (TPSA) is 29.5 Å². The zero-order chi connectivity index (χ0) is 13.8. The Labute approximate surface area is 120 Å². The number of hydrogen-bond acceptors (Lipinski definition) is 2. The molecule has 3 atom stereocenters. The molecule has 0 amide bonds. The first kappa shape index (κ1) is 14.7. The summed E-state index contributed by atoms with van der Waals surface area (Å²) >= 11 is 6.03. The Hall–Kier alpha value is -0.730. The van der Waals surface area contributed by atoms with Crippen LogP contribution in [0.5, 0.6) is 5.75 Å². The first-order valence-electron chi connectivity index (χ1n) is 7.14. The van der Waals surface area contributed by atoms with E-state index in [-0.39, 0.29) is 6.10 Å². The van der Waals surface area contributed by atoms with Crippen molar-refractivity contribution >= 4 is 11.6 Å². The van der Waals surface area contributed by atoms with Crippen molar-refractivity contribution in [3.05, 3.63) is 28.8 Å². The minimum atomic E-state index is -0.288. The number of aliphatic hydroxyl groups excluding tert-OH is 1. The monoisotopic (exact) mass is 282 g/mol. The lowest BCUT2D eigenvalue weighted by Gasteiger charge is -2.19. The van der Waals surface area contributed by atoms with E-state index in [0.29, 0.717) is 17.4 Å². The van der Waals surface area contributed by atoms with Gasteiger partial charge in [-0.2, -0.15) is 0 Å². The lowest BCUT2D eigenvalue weighted by atomic mass is 9.93. The van der Waals surface area contributed by atoms with Crippen LogP contribution in [0.2, 0.25) is 5.02 Å². The van der Waals surface area contributed by atoms with Crippen molar-refractivity contribution in [2.24, 2.45) is 11.8 Å². The van der Waals surface area contributed by atoms with E-state index in [0.717, 1.165) is 30.1 Å². The highest BCUT2D eigenvalue weighted by molar-refractivity contribution is 6.30. The summed E-state index contributed by atoms with van der Waals surface area (Å²) < 4.78 is 5.34. The van der Waals surface area contributed by atoms with Crippen LogP contribution in [0.25, 0.3) is 0 Å². The molecule has 0 radical (unpaired) electrons. The quantitative estimate of drug-likeness (QED) is 0.882. The number of rotatable bonds is 5. The van der Waals surface area contributed by atoms with Gasteiger partial charge in [0.2, 0.25) is 0 Å². The lowest BCUT2D eigenvalue weighted by molar-refractivity contribution is 0.108. The van der Waals surface area contributed by atoms with Crippen molar-refractivity contribution in [3.8, 4) is 5.75 Å². The number of halogens is 1. The van der Waals surface area contributed by atoms with E-state index in [1.165, 1.54) is 12.8 Å². The predicted molar refractivity (Wildman–Crippen MR) is 78.8 cm³/mol. The maximum atomic E-state index is 10.4. The van der Waals surface area contributed by atoms with Gasteiger partial charge in [0.15, 0.2) is 0 Å². The van der Waals surface area contributed by atoms with Crippen LogP contribution in [0.15, 0.2) is 18.2 Å². The number of hydrogen-bond donors (Lipinski definition) is 1. The number of aliphatic hydroxyl groups is 1. The second-order valence-corrected chi connectivity index (χ2v) is 6.01. The van der Waals surface area contributed by atoms with Gasteiger partial charge in [-0.25, -0.2) is 0 Å². The molecule has 2 rings (SSSR count). The molecule has 1 aliphatic rings. The average molecular weight is 283 g/mol. The summed E-state index contributed by atoms with van der Waals surface area (Å²) in [7, 11) is 1.65. The molecule has 0 aliphatic heterocycles. The first-order chi connectivity index (χ1) is 9.13. The second kappa shape index (κ2) is 6.62. The molecule has 1 fully saturated rings. The minimum absolute atomic E-state index is 0.288. The van der Waals surface area contributed by atoms with Crippen molar-refractivity contribution in [1.29, 1.82) is 0 Å². The summed E-state index contributed by atoms with van der Waals surface area (Å²) in [5.41, 5.74) is 1.00. The first-order valence-corrected chi connectivity index (χ1v) is 7.52. The van der Waals surface area contributed by atoms with E-state index in [1.54, 1.807) is 7.11 Å². The number of benzene rings is 1. The summed E-state index contributed by atoms with van der Waals surface area (Å²) in [6.45, 7) is 2.24. The molecule has 1 saturated carbocycles. The van der Waals surface area contributed by atoms with Crippen molar-refractivity contribution in [2.75, 3.05) is 7.11 Å². The van der Waals surface area contributed by atoms with Crippen LogP contribution in [0.4, 0.5) is 0 Å². The van der Waals surface area contributed by atoms with Gasteiger partial charge < -0.3 is 9.84 Å². The Bertz CT molecular complexity index is 419. The van der Waals surface area contributed by atoms with Crippen molar-refractivity contribution in [3.63, 3.8) is 0 Å². The lowest BCUT2D eigenvalue weighted by Crippen LogP contribution is -2.21. The van der Waals surface area contributed by atoms with E-state index >= 15 is 0 Å². The highest BCUT2D eigenvalue weighted by Gasteiger charge is 2.29. The molecule has 106 valence electrons. The van der Waals surface area contributed by atoms with Crippen LogP contribution >= 0.6 is 11.6 Å². The van der Waals surface area contributed by atoms with Crippen molar-refractivity contribution in [2.45, 2.75) is 45.1 Å². The van der Waals surface area contributed by atoms with Crippen molar-refractivity contribution < 1.29 is 9.84 Å². The van der Waals surface area contributed by atoms with Crippen LogP contribution in [-0.2, 0) is 6.42 Å². The molecular formula is C16H23ClO2. The standard InChI is InChI=1S/C16H23ClO2/c1-3-11-4-5-12(8-11)15(18)10-13-9-14(17)6-7-16(13)19-2/h6-7,9,11-12,15,18H,3-5,8,10H2,1-2H3. The Morgan fingerprint density at radius 3 is 2.84 bits per heavy atom. The summed E-state index contributed by atoms with van der Waals surface area (Å²) in [6.07, 6.45) is 5.12. The molecule has 1 N–H and O–H groups in total. The molecule has 0 spiro atoms. The molecule has 0 heterocycles. The second-order valence-electron chi connectivity index (χ2n) is 5.58. The molecule has 0 bridgehead atoms. The van der Waals surface area contributed by atoms with Crippen molar-refractivity contribution in [1.82, 2.24) is 0 Å². The third-order valence-electron chi connectivity index (χ3n) is 4.37. The van der Waals surface area contributed by atoms with Gasteiger partial charge in [0, 0.05) is 11.4 Å². The molecule has 19 heavy (non-hydrogen) atoms. The Morgan fingerprint density at radius 2 is 2.21 bits per heavy atom. The largest absolute Gasteiger partial charge is 0.496 e. The summed E-state index contributed by atoms with van der Waals surface area (Å²) in [4.78, 5) is 0. The van der Waals surface area contributed by atoms with Gasteiger partial charge >= 0.3 is 0 Å². The zero-order valence-electron chi connectivity index (χ0n) is 11.7. The van der Waals surface area contributed by atoms with Crippen LogP contribution in [0.3, 0.4) is 0 Å². The smallest absolute Gasteiger partial charge is 0.122 e. The van der Waals surface area contributed by atoms with Crippen LogP contribution in [0, 0.1) is 11.8 Å². The van der Waals surface area contributed by atoms with Gasteiger partial charge in [-0.1, -0.05) is 31.4 Å². The highest BCUT2D eigenvalue weighted by Crippen LogP contribution is 2.36. The molecular weight excluding hydrogens is 260 g/mol. The fourth-order valence-electron chi connectivity index (χ4n) is 3.13. The van der Waals surface area contributed by atoms with E-state index in [2.05, 4.69) is 6.92 Å². The van der Waals surface area contributed by atoms with E-state index in [9.17, 15) is 5.11 Å². The van der Waals surface area contributed by atoms with E-state index in [4.69, 9.17) is 16.3 Å². The SMILES string of the molecule is CCC1CCC(C(O)Cc2cc(Cl)ccc2OC)C1. The molecule has 1 aliphatic carbocycles. The van der Waals surface area contributed by atoms with Gasteiger partial charge in [-0.15, -0.1) is 0 Å². The zero-order valence-corrected chi connectivity index (χ0v) is 12.5. The Balaban J connectivity index is 2.02. The third-order valence-corrected chi connectivity index (χ3v) is 4.61. The Morgan fingerprint density at radius 1 is 1.42 bits per heavy atom. The van der Waals surface area contributed by atoms with Gasteiger partial charge in [0.05, 0.1) is 13.2 Å². The minimum Gasteiger partial charge on any atom is -0.496 e. The molecule has 0 saturated heterocycles. The molecule has 3 unspecified atom stereocenters. The van der Waals surface area contributed by atoms with Gasteiger partial charge in [0.25, 0.3) is 0 Å². The van der Waals surface area contributed by atoms with Gasteiger partial charge in [0.1, 0.15) is 5.75 Å². The maximum absolute atomic E-state index is 10.4. The van der Waals surface area contributed by atoms with Gasteiger partial charge in [-0.05, 0) is 48.4 Å². The molecule has 2 nitrogen and oxygen atoms in total. The van der Waals surface area contributed by atoms with Crippen LogP contribution < -0.4 is 4.74 Å². The third kappa shape index (κ3) is 3.64.